The first-order chi connectivity index (χ1) is 11.9. The van der Waals surface area contributed by atoms with Crippen LogP contribution in [0.15, 0.2) is 36.9 Å². The molecular weight excluding hydrogens is 320 g/mol. The molecule has 0 N–H and O–H groups in total. The molecule has 0 aliphatic rings. The molecule has 0 radical (unpaired) electrons. The van der Waals surface area contributed by atoms with Gasteiger partial charge in [0.15, 0.2) is 0 Å². The van der Waals surface area contributed by atoms with Gasteiger partial charge in [-0.15, -0.1) is 6.58 Å². The van der Waals surface area contributed by atoms with E-state index in [1.165, 1.54) is 12.1 Å². The highest BCUT2D eigenvalue weighted by Gasteiger charge is 2.23. The summed E-state index contributed by atoms with van der Waals surface area (Å²) in [5.41, 5.74) is 2.78. The number of rotatable bonds is 7. The second-order valence-electron chi connectivity index (χ2n) is 5.76. The molecule has 0 saturated carbocycles. The van der Waals surface area contributed by atoms with Gasteiger partial charge in [-0.1, -0.05) is 18.2 Å². The molecule has 0 aliphatic heterocycles. The van der Waals surface area contributed by atoms with E-state index in [-0.39, 0.29) is 18.1 Å². The zero-order chi connectivity index (χ0) is 18.6. The Kier molecular flexibility index (Phi) is 5.69. The van der Waals surface area contributed by atoms with E-state index in [2.05, 4.69) is 11.7 Å². The van der Waals surface area contributed by atoms with Crippen LogP contribution in [-0.2, 0) is 13.1 Å². The molecule has 25 heavy (non-hydrogen) atoms. The van der Waals surface area contributed by atoms with E-state index < -0.39 is 4.92 Å². The van der Waals surface area contributed by atoms with Crippen molar-refractivity contribution in [2.24, 2.45) is 0 Å². The zero-order valence-corrected chi connectivity index (χ0v) is 14.7. The smallest absolute Gasteiger partial charge is 0.269 e. The predicted octanol–water partition coefficient (Wildman–Crippen LogP) is 3.26. The Bertz CT molecular complexity index is 811. The van der Waals surface area contributed by atoms with Crippen LogP contribution in [0.25, 0.3) is 0 Å². The summed E-state index contributed by atoms with van der Waals surface area (Å²) in [6, 6.07) is 6.31. The molecule has 7 heteroatoms. The Morgan fingerprint density at radius 3 is 2.72 bits per heavy atom. The van der Waals surface area contributed by atoms with Crippen molar-refractivity contribution in [3.8, 4) is 0 Å². The van der Waals surface area contributed by atoms with Gasteiger partial charge >= 0.3 is 0 Å². The van der Waals surface area contributed by atoms with Gasteiger partial charge in [0, 0.05) is 37.5 Å². The number of amides is 1. The molecule has 0 unspecified atom stereocenters. The molecule has 0 fully saturated rings. The molecule has 1 amide bonds. The first-order valence-corrected chi connectivity index (χ1v) is 8.06. The van der Waals surface area contributed by atoms with Crippen molar-refractivity contribution in [2.45, 2.75) is 33.9 Å². The first kappa shape index (κ1) is 18.4. The Balaban J connectivity index is 2.33. The number of aryl methyl sites for hydroxylation is 2. The fourth-order valence-corrected chi connectivity index (χ4v) is 2.84. The van der Waals surface area contributed by atoms with Gasteiger partial charge in [0.1, 0.15) is 0 Å². The number of nitro benzene ring substituents is 1. The van der Waals surface area contributed by atoms with Crippen LogP contribution in [0.5, 0.6) is 0 Å². The molecule has 0 aliphatic carbocycles. The first-order valence-electron chi connectivity index (χ1n) is 8.06. The highest BCUT2D eigenvalue weighted by molar-refractivity contribution is 5.96. The monoisotopic (exact) mass is 342 g/mol. The summed E-state index contributed by atoms with van der Waals surface area (Å²) < 4.78 is 1.79. The van der Waals surface area contributed by atoms with E-state index in [0.29, 0.717) is 29.9 Å². The molecule has 0 saturated heterocycles. The number of non-ortho nitro benzene ring substituents is 1. The summed E-state index contributed by atoms with van der Waals surface area (Å²) in [6.07, 6.45) is 1.64. The minimum absolute atomic E-state index is 0.00895. The maximum absolute atomic E-state index is 13.0. The predicted molar refractivity (Wildman–Crippen MR) is 95.4 cm³/mol. The molecule has 0 atom stereocenters. The van der Waals surface area contributed by atoms with Crippen LogP contribution >= 0.6 is 0 Å². The largest absolute Gasteiger partial charge is 0.330 e. The van der Waals surface area contributed by atoms with Crippen molar-refractivity contribution < 1.29 is 9.72 Å². The lowest BCUT2D eigenvalue weighted by atomic mass is 10.1. The lowest BCUT2D eigenvalue weighted by molar-refractivity contribution is -0.384. The van der Waals surface area contributed by atoms with E-state index in [1.54, 1.807) is 27.8 Å². The summed E-state index contributed by atoms with van der Waals surface area (Å²) in [5, 5.41) is 15.3. The number of benzene rings is 1. The maximum atomic E-state index is 13.0. The standard InChI is InChI=1S/C18H22N4O3/c1-5-10-20(12-15-8-7-9-16(11-15)22(24)25)18(23)17-13(3)19-21(6-2)14(17)4/h5,7-9,11H,1,6,10,12H2,2-4H3. The van der Waals surface area contributed by atoms with Crippen molar-refractivity contribution in [3.05, 3.63) is 69.5 Å². The number of hydrogen-bond donors (Lipinski definition) is 0. The number of nitro groups is 1. The lowest BCUT2D eigenvalue weighted by Crippen LogP contribution is -2.31. The van der Waals surface area contributed by atoms with Gasteiger partial charge in [-0.3, -0.25) is 19.6 Å². The van der Waals surface area contributed by atoms with E-state index in [1.807, 2.05) is 20.8 Å². The van der Waals surface area contributed by atoms with Gasteiger partial charge in [-0.05, 0) is 26.3 Å². The van der Waals surface area contributed by atoms with Gasteiger partial charge < -0.3 is 4.90 Å². The number of aromatic nitrogens is 2. The van der Waals surface area contributed by atoms with E-state index >= 15 is 0 Å². The van der Waals surface area contributed by atoms with Crippen LogP contribution in [0, 0.1) is 24.0 Å². The molecule has 0 bridgehead atoms. The molecular formula is C18H22N4O3. The Hall–Kier alpha value is -2.96. The van der Waals surface area contributed by atoms with Crippen molar-refractivity contribution in [2.75, 3.05) is 6.54 Å². The van der Waals surface area contributed by atoms with Crippen LogP contribution in [-0.4, -0.2) is 32.1 Å². The average Bonchev–Trinajstić information content (AvgIpc) is 2.88. The number of carbonyl (C=O) groups excluding carboxylic acids is 1. The minimum atomic E-state index is -0.442. The maximum Gasteiger partial charge on any atom is 0.269 e. The van der Waals surface area contributed by atoms with Gasteiger partial charge in [-0.2, -0.15) is 5.10 Å². The van der Waals surface area contributed by atoms with Crippen LogP contribution < -0.4 is 0 Å². The second-order valence-corrected chi connectivity index (χ2v) is 5.76. The molecule has 2 aromatic rings. The molecule has 0 spiro atoms. The van der Waals surface area contributed by atoms with Crippen LogP contribution in [0.1, 0.15) is 34.2 Å². The highest BCUT2D eigenvalue weighted by Crippen LogP contribution is 2.19. The van der Waals surface area contributed by atoms with E-state index in [4.69, 9.17) is 0 Å². The second kappa shape index (κ2) is 7.74. The quantitative estimate of drug-likeness (QED) is 0.439. The van der Waals surface area contributed by atoms with Crippen molar-refractivity contribution >= 4 is 11.6 Å². The van der Waals surface area contributed by atoms with Crippen LogP contribution in [0.3, 0.4) is 0 Å². The Labute approximate surface area is 146 Å². The van der Waals surface area contributed by atoms with E-state index in [0.717, 1.165) is 5.69 Å². The van der Waals surface area contributed by atoms with Gasteiger partial charge in [0.05, 0.1) is 16.2 Å². The SMILES string of the molecule is C=CCN(Cc1cccc([N+](=O)[O-])c1)C(=O)c1c(C)nn(CC)c1C. The van der Waals surface area contributed by atoms with Crippen molar-refractivity contribution in [1.29, 1.82) is 0 Å². The molecule has 2 rings (SSSR count). The average molecular weight is 342 g/mol. The normalized spacial score (nSPS) is 10.5. The molecule has 1 heterocycles. The summed E-state index contributed by atoms with van der Waals surface area (Å²) >= 11 is 0. The van der Waals surface area contributed by atoms with Crippen molar-refractivity contribution in [1.82, 2.24) is 14.7 Å². The highest BCUT2D eigenvalue weighted by atomic mass is 16.6. The molecule has 132 valence electrons. The molecule has 7 nitrogen and oxygen atoms in total. The fourth-order valence-electron chi connectivity index (χ4n) is 2.84. The van der Waals surface area contributed by atoms with Gasteiger partial charge in [-0.25, -0.2) is 0 Å². The van der Waals surface area contributed by atoms with Gasteiger partial charge in [0.25, 0.3) is 11.6 Å². The summed E-state index contributed by atoms with van der Waals surface area (Å²) in [6.45, 7) is 10.7. The van der Waals surface area contributed by atoms with E-state index in [9.17, 15) is 14.9 Å². The third kappa shape index (κ3) is 3.93. The Morgan fingerprint density at radius 2 is 2.16 bits per heavy atom. The number of carbonyl (C=O) groups is 1. The van der Waals surface area contributed by atoms with Gasteiger partial charge in [0.2, 0.25) is 0 Å². The van der Waals surface area contributed by atoms with Crippen LogP contribution in [0.2, 0.25) is 0 Å². The van der Waals surface area contributed by atoms with Crippen LogP contribution in [0.4, 0.5) is 5.69 Å². The fraction of sp³-hybridized carbons (Fsp3) is 0.333. The number of nitrogens with zero attached hydrogens (tertiary/aromatic N) is 4. The third-order valence-corrected chi connectivity index (χ3v) is 4.03. The topological polar surface area (TPSA) is 81.3 Å². The lowest BCUT2D eigenvalue weighted by Gasteiger charge is -2.21. The van der Waals surface area contributed by atoms with Crippen molar-refractivity contribution in [3.63, 3.8) is 0 Å². The summed E-state index contributed by atoms with van der Waals surface area (Å²) in [7, 11) is 0. The third-order valence-electron chi connectivity index (χ3n) is 4.03. The molecule has 1 aromatic carbocycles. The Morgan fingerprint density at radius 1 is 1.44 bits per heavy atom. The minimum Gasteiger partial charge on any atom is -0.330 e. The summed E-state index contributed by atoms with van der Waals surface area (Å²) in [5.74, 6) is -0.152. The summed E-state index contributed by atoms with van der Waals surface area (Å²) in [4.78, 5) is 25.1. The number of hydrogen-bond acceptors (Lipinski definition) is 4. The molecule has 1 aromatic heterocycles. The zero-order valence-electron chi connectivity index (χ0n) is 14.7.